The Hall–Kier alpha value is -1.13. The summed E-state index contributed by atoms with van der Waals surface area (Å²) in [5.74, 6) is -0.322. The summed E-state index contributed by atoms with van der Waals surface area (Å²) >= 11 is 0. The third-order valence-electron chi connectivity index (χ3n) is 0.846. The van der Waals surface area contributed by atoms with Gasteiger partial charge in [0, 0.05) is 6.92 Å². The lowest BCUT2D eigenvalue weighted by Gasteiger charge is -1.93. The molecule has 0 saturated heterocycles. The van der Waals surface area contributed by atoms with Crippen molar-refractivity contribution in [2.45, 2.75) is 13.3 Å². The van der Waals surface area contributed by atoms with Crippen LogP contribution in [0.5, 0.6) is 0 Å². The molecule has 0 rings (SSSR count). The van der Waals surface area contributed by atoms with Gasteiger partial charge in [0.1, 0.15) is 12.0 Å². The van der Waals surface area contributed by atoms with Gasteiger partial charge in [-0.25, -0.2) is 0 Å². The zero-order chi connectivity index (χ0) is 7.98. The van der Waals surface area contributed by atoms with Gasteiger partial charge in [0.2, 0.25) is 0 Å². The Balaban J connectivity index is 4.10. The highest BCUT2D eigenvalue weighted by Crippen LogP contribution is 1.86. The number of carbonyl (C=O) groups excluding carboxylic acids is 2. The Labute approximate surface area is 59.7 Å². The van der Waals surface area contributed by atoms with Crippen molar-refractivity contribution >= 4 is 25.8 Å². The molecule has 0 aliphatic heterocycles. The molecule has 0 heterocycles. The fourth-order valence-electron chi connectivity index (χ4n) is 0.388. The summed E-state index contributed by atoms with van der Waals surface area (Å²) < 4.78 is 3.83. The van der Waals surface area contributed by atoms with E-state index in [9.17, 15) is 9.59 Å². The highest BCUT2D eigenvalue weighted by atomic mass is 16.6. The molecule has 0 unspecified atom stereocenters. The number of hydrogen-bond donors (Lipinski definition) is 0. The number of Topliss-reactive ketones (excluding diaryl/α,β-unsaturated/α-hetero) is 1. The second-order valence-electron chi connectivity index (χ2n) is 1.57. The molecule has 52 valence electrons. The van der Waals surface area contributed by atoms with Crippen molar-refractivity contribution in [1.29, 1.82) is 0 Å². The molecule has 0 N–H and O–H groups in total. The van der Waals surface area contributed by atoms with E-state index in [1.165, 1.54) is 6.92 Å². The molecule has 0 aromatic rings. The van der Waals surface area contributed by atoms with Crippen LogP contribution in [0.1, 0.15) is 13.3 Å². The lowest BCUT2D eigenvalue weighted by molar-refractivity contribution is -0.112. The minimum Gasteiger partial charge on any atom is -0.480 e. The maximum Gasteiger partial charge on any atom is 0.420 e. The minimum atomic E-state index is -0.322. The molecule has 0 aliphatic carbocycles. The Morgan fingerprint density at radius 1 is 1.80 bits per heavy atom. The average molecular weight is 139 g/mol. The first-order valence-electron chi connectivity index (χ1n) is 2.59. The Morgan fingerprint density at radius 2 is 2.40 bits per heavy atom. The van der Waals surface area contributed by atoms with Crippen LogP contribution in [-0.2, 0) is 14.3 Å². The summed E-state index contributed by atoms with van der Waals surface area (Å²) in [7, 11) is 4.54. The SMILES string of the molecule is [B]O/N=C(/CC=O)C(C)=O. The standard InChI is InChI=1S/C5H6BNO3/c1-4(9)5(2-3-8)7-10-6/h3H,2H2,1H3/b7-5-. The highest BCUT2D eigenvalue weighted by molar-refractivity contribution is 6.40. The lowest BCUT2D eigenvalue weighted by atomic mass is 10.2. The second kappa shape index (κ2) is 4.73. The Morgan fingerprint density at radius 3 is 2.70 bits per heavy atom. The number of rotatable bonds is 4. The number of ketones is 1. The van der Waals surface area contributed by atoms with Crippen LogP contribution in [0.4, 0.5) is 0 Å². The Kier molecular flexibility index (Phi) is 4.19. The van der Waals surface area contributed by atoms with Gasteiger partial charge in [-0.15, -0.1) is 5.16 Å². The van der Waals surface area contributed by atoms with Crippen molar-refractivity contribution in [3.63, 3.8) is 0 Å². The van der Waals surface area contributed by atoms with Crippen LogP contribution < -0.4 is 0 Å². The molecule has 0 aromatic carbocycles. The number of hydrogen-bond acceptors (Lipinski definition) is 4. The van der Waals surface area contributed by atoms with Crippen LogP contribution in [0.2, 0.25) is 0 Å². The summed E-state index contributed by atoms with van der Waals surface area (Å²) in [6.07, 6.45) is 0.492. The van der Waals surface area contributed by atoms with Gasteiger partial charge in [-0.2, -0.15) is 0 Å². The van der Waals surface area contributed by atoms with Gasteiger partial charge in [-0.05, 0) is 0 Å². The summed E-state index contributed by atoms with van der Waals surface area (Å²) in [6, 6.07) is 0. The summed E-state index contributed by atoms with van der Waals surface area (Å²) in [4.78, 5) is 20.4. The number of nitrogens with zero attached hydrogens (tertiary/aromatic N) is 1. The lowest BCUT2D eigenvalue weighted by Crippen LogP contribution is -2.10. The molecular weight excluding hydrogens is 133 g/mol. The normalized spacial score (nSPS) is 10.7. The van der Waals surface area contributed by atoms with E-state index in [0.29, 0.717) is 6.29 Å². The summed E-state index contributed by atoms with van der Waals surface area (Å²) in [5.41, 5.74) is 0.0255. The third kappa shape index (κ3) is 3.01. The minimum absolute atomic E-state index is 0.0255. The quantitative estimate of drug-likeness (QED) is 0.231. The first-order chi connectivity index (χ1) is 4.72. The highest BCUT2D eigenvalue weighted by Gasteiger charge is 2.04. The van der Waals surface area contributed by atoms with Crippen LogP contribution in [0.15, 0.2) is 5.16 Å². The molecule has 0 fully saturated rings. The molecule has 4 nitrogen and oxygen atoms in total. The molecule has 0 spiro atoms. The first kappa shape index (κ1) is 8.87. The molecule has 5 heteroatoms. The number of carbonyl (C=O) groups is 2. The van der Waals surface area contributed by atoms with Gasteiger partial charge in [-0.1, -0.05) is 0 Å². The van der Waals surface area contributed by atoms with Crippen LogP contribution in [0, 0.1) is 0 Å². The van der Waals surface area contributed by atoms with E-state index in [4.69, 9.17) is 0 Å². The van der Waals surface area contributed by atoms with Crippen molar-refractivity contribution in [3.05, 3.63) is 0 Å². The molecular formula is C5H6BNO3. The van der Waals surface area contributed by atoms with E-state index >= 15 is 0 Å². The predicted octanol–water partition coefficient (Wildman–Crippen LogP) is -0.379. The average Bonchev–Trinajstić information content (AvgIpc) is 1.87. The van der Waals surface area contributed by atoms with E-state index in [1.807, 2.05) is 0 Å². The van der Waals surface area contributed by atoms with E-state index in [-0.39, 0.29) is 17.9 Å². The molecule has 0 bridgehead atoms. The van der Waals surface area contributed by atoms with Crippen LogP contribution >= 0.6 is 0 Å². The second-order valence-corrected chi connectivity index (χ2v) is 1.57. The van der Waals surface area contributed by atoms with Crippen molar-refractivity contribution in [3.8, 4) is 0 Å². The van der Waals surface area contributed by atoms with Crippen molar-refractivity contribution in [2.75, 3.05) is 0 Å². The summed E-state index contributed by atoms with van der Waals surface area (Å²) in [5, 5.41) is 3.13. The number of oxime groups is 1. The van der Waals surface area contributed by atoms with Gasteiger partial charge in [-0.3, -0.25) is 4.79 Å². The molecule has 0 atom stereocenters. The Bertz CT molecular complexity index is 166. The molecule has 0 aromatic heterocycles. The fraction of sp³-hybridized carbons (Fsp3) is 0.400. The molecule has 0 aliphatic rings. The van der Waals surface area contributed by atoms with Crippen molar-refractivity contribution in [2.24, 2.45) is 5.16 Å². The maximum absolute atomic E-state index is 10.5. The van der Waals surface area contributed by atoms with Crippen molar-refractivity contribution in [1.82, 2.24) is 0 Å². The van der Waals surface area contributed by atoms with Gasteiger partial charge in [0.15, 0.2) is 5.78 Å². The van der Waals surface area contributed by atoms with E-state index in [2.05, 4.69) is 18.0 Å². The van der Waals surface area contributed by atoms with Gasteiger partial charge in [0.05, 0.1) is 6.42 Å². The zero-order valence-corrected chi connectivity index (χ0v) is 5.53. The van der Waals surface area contributed by atoms with E-state index in [0.717, 1.165) is 0 Å². The van der Waals surface area contributed by atoms with Gasteiger partial charge >= 0.3 is 8.05 Å². The van der Waals surface area contributed by atoms with Crippen LogP contribution in [0.25, 0.3) is 0 Å². The first-order valence-corrected chi connectivity index (χ1v) is 2.59. The van der Waals surface area contributed by atoms with Gasteiger partial charge < -0.3 is 9.55 Å². The molecule has 0 saturated carbocycles. The maximum atomic E-state index is 10.5. The fourth-order valence-corrected chi connectivity index (χ4v) is 0.388. The molecule has 10 heavy (non-hydrogen) atoms. The van der Waals surface area contributed by atoms with Crippen LogP contribution in [0.3, 0.4) is 0 Å². The smallest absolute Gasteiger partial charge is 0.420 e. The van der Waals surface area contributed by atoms with E-state index < -0.39 is 0 Å². The van der Waals surface area contributed by atoms with Crippen LogP contribution in [-0.4, -0.2) is 25.8 Å². The summed E-state index contributed by atoms with van der Waals surface area (Å²) in [6.45, 7) is 1.28. The molecule has 0 amide bonds. The monoisotopic (exact) mass is 139 g/mol. The topological polar surface area (TPSA) is 55.7 Å². The molecule has 2 radical (unpaired) electrons. The van der Waals surface area contributed by atoms with E-state index in [1.54, 1.807) is 0 Å². The van der Waals surface area contributed by atoms with Crippen molar-refractivity contribution < 1.29 is 14.3 Å². The zero-order valence-electron chi connectivity index (χ0n) is 5.53. The van der Waals surface area contributed by atoms with Gasteiger partial charge in [0.25, 0.3) is 0 Å². The number of aldehydes is 1. The predicted molar refractivity (Wildman–Crippen MR) is 35.6 cm³/mol. The largest absolute Gasteiger partial charge is 0.480 e. The third-order valence-corrected chi connectivity index (χ3v) is 0.846.